The first-order valence-corrected chi connectivity index (χ1v) is 10.1. The molecule has 7 nitrogen and oxygen atoms in total. The molecule has 1 aliphatic carbocycles. The summed E-state index contributed by atoms with van der Waals surface area (Å²) >= 11 is 0. The number of alkyl halides is 3. The molecule has 1 aromatic carbocycles. The summed E-state index contributed by atoms with van der Waals surface area (Å²) in [7, 11) is 1.79. The Labute approximate surface area is 180 Å². The van der Waals surface area contributed by atoms with Crippen LogP contribution in [0.15, 0.2) is 42.7 Å². The first kappa shape index (κ1) is 20.2. The molecule has 3 aromatic heterocycles. The molecular formula is C22H19F3N6O. The van der Waals surface area contributed by atoms with E-state index in [2.05, 4.69) is 15.1 Å². The van der Waals surface area contributed by atoms with Gasteiger partial charge in [0.2, 0.25) is 0 Å². The highest BCUT2D eigenvalue weighted by Gasteiger charge is 2.34. The molecule has 3 heterocycles. The van der Waals surface area contributed by atoms with E-state index < -0.39 is 11.7 Å². The quantitative estimate of drug-likeness (QED) is 0.520. The predicted molar refractivity (Wildman–Crippen MR) is 113 cm³/mol. The van der Waals surface area contributed by atoms with Gasteiger partial charge in [-0.1, -0.05) is 0 Å². The minimum atomic E-state index is -4.45. The number of anilines is 1. The molecule has 1 saturated carbocycles. The van der Waals surface area contributed by atoms with E-state index in [1.807, 2.05) is 0 Å². The fourth-order valence-electron chi connectivity index (χ4n) is 3.87. The Kier molecular flexibility index (Phi) is 4.54. The molecule has 1 amide bonds. The third kappa shape index (κ3) is 3.51. The lowest BCUT2D eigenvalue weighted by atomic mass is 10.1. The second-order valence-electron chi connectivity index (χ2n) is 7.96. The molecule has 4 aromatic rings. The minimum absolute atomic E-state index is 0.0450. The number of hydrogen-bond donors (Lipinski definition) is 1. The molecule has 1 aliphatic rings. The molecule has 32 heavy (non-hydrogen) atoms. The minimum Gasteiger partial charge on any atom is -0.383 e. The Morgan fingerprint density at radius 3 is 2.62 bits per heavy atom. The van der Waals surface area contributed by atoms with Gasteiger partial charge in [0.05, 0.1) is 40.4 Å². The molecule has 10 heteroatoms. The van der Waals surface area contributed by atoms with Gasteiger partial charge in [0.15, 0.2) is 0 Å². The van der Waals surface area contributed by atoms with Gasteiger partial charge in [0.1, 0.15) is 5.82 Å². The number of amides is 1. The van der Waals surface area contributed by atoms with E-state index >= 15 is 0 Å². The van der Waals surface area contributed by atoms with Crippen LogP contribution in [0.5, 0.6) is 0 Å². The number of aryl methyl sites for hydroxylation is 1. The first-order chi connectivity index (χ1) is 15.2. The molecule has 0 bridgehead atoms. The van der Waals surface area contributed by atoms with Gasteiger partial charge >= 0.3 is 6.18 Å². The van der Waals surface area contributed by atoms with Gasteiger partial charge in [-0.05, 0) is 43.2 Å². The number of aromatic nitrogens is 4. The third-order valence-electron chi connectivity index (χ3n) is 5.69. The van der Waals surface area contributed by atoms with Gasteiger partial charge in [0, 0.05) is 30.2 Å². The maximum Gasteiger partial charge on any atom is 0.417 e. The fourth-order valence-corrected chi connectivity index (χ4v) is 3.87. The highest BCUT2D eigenvalue weighted by atomic mass is 19.4. The van der Waals surface area contributed by atoms with Crippen LogP contribution in [0.25, 0.3) is 21.8 Å². The van der Waals surface area contributed by atoms with Gasteiger partial charge in [-0.15, -0.1) is 0 Å². The van der Waals surface area contributed by atoms with Gasteiger partial charge in [0.25, 0.3) is 5.91 Å². The molecule has 0 radical (unpaired) electrons. The molecule has 0 unspecified atom stereocenters. The Morgan fingerprint density at radius 2 is 1.97 bits per heavy atom. The van der Waals surface area contributed by atoms with Gasteiger partial charge in [-0.3, -0.25) is 14.5 Å². The summed E-state index contributed by atoms with van der Waals surface area (Å²) in [5.41, 5.74) is 7.52. The highest BCUT2D eigenvalue weighted by molar-refractivity contribution is 6.10. The zero-order valence-corrected chi connectivity index (χ0v) is 17.1. The predicted octanol–water partition coefficient (Wildman–Crippen LogP) is 3.92. The van der Waals surface area contributed by atoms with Crippen molar-refractivity contribution in [3.8, 4) is 0 Å². The van der Waals surface area contributed by atoms with Crippen molar-refractivity contribution in [3.05, 3.63) is 59.5 Å². The summed E-state index contributed by atoms with van der Waals surface area (Å²) in [4.78, 5) is 23.4. The average Bonchev–Trinajstić information content (AvgIpc) is 3.52. The van der Waals surface area contributed by atoms with Crippen molar-refractivity contribution >= 4 is 33.5 Å². The average molecular weight is 440 g/mol. The number of carbonyl (C=O) groups excluding carboxylic acids is 1. The molecule has 0 atom stereocenters. The number of rotatable bonds is 4. The number of benzene rings is 1. The summed E-state index contributed by atoms with van der Waals surface area (Å²) < 4.78 is 40.1. The van der Waals surface area contributed by atoms with Crippen LogP contribution in [0.2, 0.25) is 0 Å². The van der Waals surface area contributed by atoms with Crippen LogP contribution in [0.4, 0.5) is 19.0 Å². The van der Waals surface area contributed by atoms with E-state index in [1.165, 1.54) is 6.07 Å². The van der Waals surface area contributed by atoms with Crippen molar-refractivity contribution in [2.75, 3.05) is 5.73 Å². The van der Waals surface area contributed by atoms with Crippen molar-refractivity contribution in [2.45, 2.75) is 31.6 Å². The van der Waals surface area contributed by atoms with E-state index in [1.54, 1.807) is 41.0 Å². The lowest BCUT2D eigenvalue weighted by molar-refractivity contribution is -0.137. The number of carbonyl (C=O) groups is 1. The van der Waals surface area contributed by atoms with Crippen molar-refractivity contribution < 1.29 is 18.0 Å². The molecule has 0 saturated heterocycles. The summed E-state index contributed by atoms with van der Waals surface area (Å²) in [5.74, 6) is 0.163. The van der Waals surface area contributed by atoms with Crippen LogP contribution in [0.3, 0.4) is 0 Å². The Balaban J connectivity index is 1.49. The Hall–Kier alpha value is -3.69. The van der Waals surface area contributed by atoms with Crippen LogP contribution in [0.1, 0.15) is 34.5 Å². The van der Waals surface area contributed by atoms with Crippen molar-refractivity contribution in [2.24, 2.45) is 7.05 Å². The summed E-state index contributed by atoms with van der Waals surface area (Å²) in [5, 5.41) is 5.71. The Morgan fingerprint density at radius 1 is 1.19 bits per heavy atom. The normalized spacial score (nSPS) is 14.2. The standard InChI is InChI=1S/C22H19F3N6O/c1-30-19-16-8-12(2-7-18(16)29-20(26)17(19)10-28-30)21(32)31(15-5-6-15)11-14-4-3-13(9-27-14)22(23,24)25/h2-4,7-10,15H,5-6,11H2,1H3,(H2,26,29). The maximum atomic E-state index is 13.4. The van der Waals surface area contributed by atoms with Crippen LogP contribution >= 0.6 is 0 Å². The molecule has 2 N–H and O–H groups in total. The van der Waals surface area contributed by atoms with Crippen LogP contribution in [0, 0.1) is 0 Å². The van der Waals surface area contributed by atoms with Crippen LogP contribution in [-0.4, -0.2) is 36.6 Å². The second-order valence-corrected chi connectivity index (χ2v) is 7.96. The number of nitrogen functional groups attached to an aromatic ring is 1. The monoisotopic (exact) mass is 440 g/mol. The molecule has 0 spiro atoms. The highest BCUT2D eigenvalue weighted by Crippen LogP contribution is 2.33. The summed E-state index contributed by atoms with van der Waals surface area (Å²) in [6.07, 6.45) is -0.306. The van der Waals surface area contributed by atoms with Crippen molar-refractivity contribution in [3.63, 3.8) is 0 Å². The number of fused-ring (bicyclic) bond motifs is 3. The van der Waals surface area contributed by atoms with Gasteiger partial charge < -0.3 is 10.6 Å². The van der Waals surface area contributed by atoms with Crippen molar-refractivity contribution in [1.82, 2.24) is 24.6 Å². The largest absolute Gasteiger partial charge is 0.417 e. The Bertz CT molecular complexity index is 1340. The van der Waals surface area contributed by atoms with E-state index in [9.17, 15) is 18.0 Å². The van der Waals surface area contributed by atoms with E-state index in [0.29, 0.717) is 28.0 Å². The van der Waals surface area contributed by atoms with Gasteiger partial charge in [-0.2, -0.15) is 18.3 Å². The van der Waals surface area contributed by atoms with Crippen molar-refractivity contribution in [1.29, 1.82) is 0 Å². The lowest BCUT2D eigenvalue weighted by Gasteiger charge is -2.22. The first-order valence-electron chi connectivity index (χ1n) is 10.1. The molecule has 0 aliphatic heterocycles. The second kappa shape index (κ2) is 7.18. The van der Waals surface area contributed by atoms with Crippen LogP contribution in [-0.2, 0) is 19.8 Å². The SMILES string of the molecule is Cn1ncc2c(N)nc3ccc(C(=O)N(Cc4ccc(C(F)(F)F)cn4)C4CC4)cc3c21. The number of hydrogen-bond acceptors (Lipinski definition) is 5. The zero-order valence-electron chi connectivity index (χ0n) is 17.1. The number of nitrogens with zero attached hydrogens (tertiary/aromatic N) is 5. The third-order valence-corrected chi connectivity index (χ3v) is 5.69. The lowest BCUT2D eigenvalue weighted by Crippen LogP contribution is -2.33. The maximum absolute atomic E-state index is 13.4. The fraction of sp³-hybridized carbons (Fsp3) is 0.273. The molecular weight excluding hydrogens is 421 g/mol. The molecule has 164 valence electrons. The summed E-state index contributed by atoms with van der Waals surface area (Å²) in [6, 6.07) is 7.55. The number of pyridine rings is 2. The van der Waals surface area contributed by atoms with E-state index in [-0.39, 0.29) is 18.5 Å². The topological polar surface area (TPSA) is 89.9 Å². The number of nitrogens with two attached hydrogens (primary N) is 1. The number of halogens is 3. The molecule has 5 rings (SSSR count). The summed E-state index contributed by atoms with van der Waals surface area (Å²) in [6.45, 7) is 0.140. The smallest absolute Gasteiger partial charge is 0.383 e. The van der Waals surface area contributed by atoms with Crippen LogP contribution < -0.4 is 5.73 Å². The van der Waals surface area contributed by atoms with E-state index in [4.69, 9.17) is 5.73 Å². The van der Waals surface area contributed by atoms with Gasteiger partial charge in [-0.25, -0.2) is 4.98 Å². The molecule has 1 fully saturated rings. The zero-order chi connectivity index (χ0) is 22.6. The van der Waals surface area contributed by atoms with E-state index in [0.717, 1.165) is 36.0 Å².